The third-order valence-electron chi connectivity index (χ3n) is 3.14. The van der Waals surface area contributed by atoms with E-state index in [0.29, 0.717) is 6.61 Å². The summed E-state index contributed by atoms with van der Waals surface area (Å²) in [7, 11) is 6.25. The standard InChI is InChI=1S/C12H23NO6/c1-7(14)13-9-11(17-4)10(19-12(9)18-5)8(16-3)6-15-2/h8-12H,6H2,1-5H3,(H,13,14)/t8-,9+,10-,11-,12?/m1/s1. The lowest BCUT2D eigenvalue weighted by molar-refractivity contribution is -0.163. The number of carbonyl (C=O) groups excluding carboxylic acids is 1. The first-order chi connectivity index (χ1) is 9.08. The van der Waals surface area contributed by atoms with Crippen molar-refractivity contribution in [3.8, 4) is 0 Å². The second-order valence-electron chi connectivity index (χ2n) is 4.36. The Bertz CT molecular complexity index is 287. The van der Waals surface area contributed by atoms with Crippen molar-refractivity contribution in [1.82, 2.24) is 5.32 Å². The number of hydrogen-bond donors (Lipinski definition) is 1. The van der Waals surface area contributed by atoms with Crippen LogP contribution in [0.5, 0.6) is 0 Å². The van der Waals surface area contributed by atoms with Crippen molar-refractivity contribution >= 4 is 5.91 Å². The van der Waals surface area contributed by atoms with Crippen LogP contribution in [0.25, 0.3) is 0 Å². The van der Waals surface area contributed by atoms with Gasteiger partial charge in [-0.3, -0.25) is 4.79 Å². The molecule has 0 saturated carbocycles. The number of rotatable bonds is 7. The first kappa shape index (κ1) is 16.3. The SMILES string of the molecule is COC[C@@H](OC)[C@H]1OC(OC)[C@@H](NC(C)=O)[C@H]1OC. The molecule has 0 aliphatic carbocycles. The predicted octanol–water partition coefficient (Wildman–Crippen LogP) is -0.461. The van der Waals surface area contributed by atoms with Crippen molar-refractivity contribution in [3.63, 3.8) is 0 Å². The summed E-state index contributed by atoms with van der Waals surface area (Å²) in [6, 6.07) is -0.382. The van der Waals surface area contributed by atoms with Crippen LogP contribution in [0.2, 0.25) is 0 Å². The van der Waals surface area contributed by atoms with Gasteiger partial charge in [0.15, 0.2) is 6.29 Å². The molecule has 1 saturated heterocycles. The average Bonchev–Trinajstić information content (AvgIpc) is 2.72. The number of amides is 1. The minimum Gasteiger partial charge on any atom is -0.382 e. The molecule has 0 aromatic carbocycles. The summed E-state index contributed by atoms with van der Waals surface area (Å²) < 4.78 is 26.9. The predicted molar refractivity (Wildman–Crippen MR) is 66.7 cm³/mol. The van der Waals surface area contributed by atoms with Crippen LogP contribution in [0.15, 0.2) is 0 Å². The molecule has 0 aromatic rings. The van der Waals surface area contributed by atoms with Crippen molar-refractivity contribution in [2.75, 3.05) is 35.0 Å². The summed E-state index contributed by atoms with van der Waals surface area (Å²) >= 11 is 0. The van der Waals surface area contributed by atoms with Gasteiger partial charge in [-0.1, -0.05) is 0 Å². The second-order valence-corrected chi connectivity index (χ2v) is 4.36. The summed E-state index contributed by atoms with van der Waals surface area (Å²) in [5, 5.41) is 2.78. The van der Waals surface area contributed by atoms with Crippen LogP contribution in [0.4, 0.5) is 0 Å². The van der Waals surface area contributed by atoms with Crippen molar-refractivity contribution in [2.24, 2.45) is 0 Å². The number of methoxy groups -OCH3 is 4. The molecule has 7 heteroatoms. The zero-order valence-electron chi connectivity index (χ0n) is 12.0. The lowest BCUT2D eigenvalue weighted by Crippen LogP contribution is -2.50. The zero-order chi connectivity index (χ0) is 14.4. The fourth-order valence-corrected chi connectivity index (χ4v) is 2.30. The Kier molecular flexibility index (Phi) is 6.67. The minimum atomic E-state index is -0.576. The van der Waals surface area contributed by atoms with E-state index in [1.807, 2.05) is 0 Å². The molecule has 1 aliphatic rings. The van der Waals surface area contributed by atoms with Crippen LogP contribution in [-0.4, -0.2) is 71.6 Å². The van der Waals surface area contributed by atoms with Gasteiger partial charge in [-0.25, -0.2) is 0 Å². The third kappa shape index (κ3) is 3.87. The van der Waals surface area contributed by atoms with E-state index in [9.17, 15) is 4.79 Å². The Hall–Kier alpha value is -0.730. The molecule has 1 fully saturated rings. The lowest BCUT2D eigenvalue weighted by atomic mass is 10.0. The Balaban J connectivity index is 2.85. The minimum absolute atomic E-state index is 0.168. The number of carbonyl (C=O) groups is 1. The molecule has 0 aromatic heterocycles. The van der Waals surface area contributed by atoms with Gasteiger partial charge in [-0.15, -0.1) is 0 Å². The fraction of sp³-hybridized carbons (Fsp3) is 0.917. The summed E-state index contributed by atoms with van der Waals surface area (Å²) in [6.45, 7) is 1.81. The van der Waals surface area contributed by atoms with E-state index in [1.54, 1.807) is 21.3 Å². The molecular weight excluding hydrogens is 254 g/mol. The topological polar surface area (TPSA) is 75.3 Å². The van der Waals surface area contributed by atoms with Gasteiger partial charge in [0, 0.05) is 35.4 Å². The van der Waals surface area contributed by atoms with Gasteiger partial charge in [0.2, 0.25) is 5.91 Å². The zero-order valence-corrected chi connectivity index (χ0v) is 12.0. The Morgan fingerprint density at radius 3 is 2.37 bits per heavy atom. The molecule has 0 radical (unpaired) electrons. The van der Waals surface area contributed by atoms with E-state index in [4.69, 9.17) is 23.7 Å². The second kappa shape index (κ2) is 7.76. The molecule has 1 rings (SSSR count). The van der Waals surface area contributed by atoms with Gasteiger partial charge in [-0.05, 0) is 0 Å². The monoisotopic (exact) mass is 277 g/mol. The van der Waals surface area contributed by atoms with Crippen LogP contribution < -0.4 is 5.32 Å². The summed E-state index contributed by atoms with van der Waals surface area (Å²) in [5.74, 6) is -0.168. The fourth-order valence-electron chi connectivity index (χ4n) is 2.30. The number of hydrogen-bond acceptors (Lipinski definition) is 6. The van der Waals surface area contributed by atoms with Crippen LogP contribution in [0, 0.1) is 0 Å². The lowest BCUT2D eigenvalue weighted by Gasteiger charge is -2.26. The highest BCUT2D eigenvalue weighted by Gasteiger charge is 2.49. The van der Waals surface area contributed by atoms with Gasteiger partial charge in [0.1, 0.15) is 24.4 Å². The van der Waals surface area contributed by atoms with Crippen molar-refractivity contribution in [3.05, 3.63) is 0 Å². The third-order valence-corrected chi connectivity index (χ3v) is 3.14. The number of ether oxygens (including phenoxy) is 5. The highest BCUT2D eigenvalue weighted by Crippen LogP contribution is 2.27. The van der Waals surface area contributed by atoms with Gasteiger partial charge in [-0.2, -0.15) is 0 Å². The van der Waals surface area contributed by atoms with Gasteiger partial charge >= 0.3 is 0 Å². The van der Waals surface area contributed by atoms with Gasteiger partial charge < -0.3 is 29.0 Å². The largest absolute Gasteiger partial charge is 0.382 e. The van der Waals surface area contributed by atoms with Crippen molar-refractivity contribution in [1.29, 1.82) is 0 Å². The Morgan fingerprint density at radius 1 is 1.26 bits per heavy atom. The van der Waals surface area contributed by atoms with E-state index in [-0.39, 0.29) is 30.3 Å². The molecule has 1 aliphatic heterocycles. The van der Waals surface area contributed by atoms with Crippen molar-refractivity contribution in [2.45, 2.75) is 37.6 Å². The van der Waals surface area contributed by atoms with E-state index >= 15 is 0 Å². The average molecular weight is 277 g/mol. The molecule has 19 heavy (non-hydrogen) atoms. The van der Waals surface area contributed by atoms with Crippen LogP contribution in [0.3, 0.4) is 0 Å². The van der Waals surface area contributed by atoms with Gasteiger partial charge in [0.05, 0.1) is 6.61 Å². The summed E-state index contributed by atoms with van der Waals surface area (Å²) in [5.41, 5.74) is 0. The maximum absolute atomic E-state index is 11.3. The quantitative estimate of drug-likeness (QED) is 0.678. The molecule has 1 unspecified atom stereocenters. The molecule has 1 heterocycles. The normalized spacial score (nSPS) is 32.3. The van der Waals surface area contributed by atoms with E-state index < -0.39 is 6.29 Å². The summed E-state index contributed by atoms with van der Waals surface area (Å²) in [4.78, 5) is 11.3. The van der Waals surface area contributed by atoms with Crippen LogP contribution >= 0.6 is 0 Å². The molecule has 0 spiro atoms. The molecule has 112 valence electrons. The van der Waals surface area contributed by atoms with E-state index in [0.717, 1.165) is 0 Å². The van der Waals surface area contributed by atoms with Gasteiger partial charge in [0.25, 0.3) is 0 Å². The molecule has 7 nitrogen and oxygen atoms in total. The van der Waals surface area contributed by atoms with Crippen LogP contribution in [0.1, 0.15) is 6.92 Å². The number of nitrogens with one attached hydrogen (secondary N) is 1. The highest BCUT2D eigenvalue weighted by atomic mass is 16.7. The van der Waals surface area contributed by atoms with Crippen LogP contribution in [-0.2, 0) is 28.5 Å². The molecule has 1 amide bonds. The Morgan fingerprint density at radius 2 is 1.95 bits per heavy atom. The summed E-state index contributed by atoms with van der Waals surface area (Å²) in [6.07, 6.45) is -1.62. The Labute approximate surface area is 113 Å². The first-order valence-electron chi connectivity index (χ1n) is 6.08. The first-order valence-corrected chi connectivity index (χ1v) is 6.08. The van der Waals surface area contributed by atoms with E-state index in [1.165, 1.54) is 14.0 Å². The molecule has 5 atom stereocenters. The smallest absolute Gasteiger partial charge is 0.217 e. The molecule has 0 bridgehead atoms. The highest BCUT2D eigenvalue weighted by molar-refractivity contribution is 5.73. The van der Waals surface area contributed by atoms with Crippen molar-refractivity contribution < 1.29 is 28.5 Å². The van der Waals surface area contributed by atoms with E-state index in [2.05, 4.69) is 5.32 Å². The molecule has 1 N–H and O–H groups in total. The maximum Gasteiger partial charge on any atom is 0.217 e. The molecular formula is C12H23NO6. The maximum atomic E-state index is 11.3.